The number of thiophene rings is 1. The lowest BCUT2D eigenvalue weighted by molar-refractivity contribution is 0.469. The summed E-state index contributed by atoms with van der Waals surface area (Å²) in [7, 11) is 0. The molecule has 1 aromatic heterocycles. The molecule has 1 N–H and O–H groups in total. The van der Waals surface area contributed by atoms with Crippen LogP contribution in [0.25, 0.3) is 26.9 Å². The van der Waals surface area contributed by atoms with Gasteiger partial charge in [0.2, 0.25) is 0 Å². The quantitative estimate of drug-likeness (QED) is 0.462. The Bertz CT molecular complexity index is 1090. The minimum atomic E-state index is 0.102. The summed E-state index contributed by atoms with van der Waals surface area (Å²) in [6.07, 6.45) is 4.40. The first-order valence-corrected chi connectivity index (χ1v) is 8.60. The second kappa shape index (κ2) is 4.71. The summed E-state index contributed by atoms with van der Waals surface area (Å²) in [6, 6.07) is 18.6. The Morgan fingerprint density at radius 3 is 2.78 bits per heavy atom. The maximum Gasteiger partial charge on any atom is 0.120 e. The molecule has 1 heterocycles. The molecule has 1 aliphatic carbocycles. The van der Waals surface area contributed by atoms with Crippen LogP contribution in [0.15, 0.2) is 66.1 Å². The van der Waals surface area contributed by atoms with Crippen molar-refractivity contribution in [2.24, 2.45) is 0 Å². The van der Waals surface area contributed by atoms with E-state index in [9.17, 15) is 5.11 Å². The van der Waals surface area contributed by atoms with E-state index in [0.29, 0.717) is 5.75 Å². The number of benzene rings is 3. The second-order valence-corrected chi connectivity index (χ2v) is 6.88. The molecule has 0 saturated heterocycles. The monoisotopic (exact) mass is 314 g/mol. The molecule has 0 aliphatic heterocycles. The van der Waals surface area contributed by atoms with Crippen LogP contribution in [0.1, 0.15) is 22.6 Å². The molecule has 0 bridgehead atoms. The van der Waals surface area contributed by atoms with Gasteiger partial charge in [-0.3, -0.25) is 0 Å². The van der Waals surface area contributed by atoms with Crippen molar-refractivity contribution in [1.82, 2.24) is 0 Å². The summed E-state index contributed by atoms with van der Waals surface area (Å²) in [5.74, 6) is 0.485. The van der Waals surface area contributed by atoms with Crippen LogP contribution >= 0.6 is 11.3 Å². The second-order valence-electron chi connectivity index (χ2n) is 5.97. The van der Waals surface area contributed by atoms with Crippen molar-refractivity contribution in [3.8, 4) is 5.75 Å². The average Bonchev–Trinajstić information content (AvgIpc) is 3.02. The number of aromatic hydroxyl groups is 1. The van der Waals surface area contributed by atoms with E-state index < -0.39 is 0 Å². The number of rotatable bonds is 1. The molecule has 1 nitrogen and oxygen atoms in total. The summed E-state index contributed by atoms with van der Waals surface area (Å²) in [4.78, 5) is 0. The fraction of sp³-hybridized carbons (Fsp3) is 0.0476. The highest BCUT2D eigenvalue weighted by molar-refractivity contribution is 7.17. The topological polar surface area (TPSA) is 20.2 Å². The smallest absolute Gasteiger partial charge is 0.120 e. The Morgan fingerprint density at radius 1 is 0.913 bits per heavy atom. The lowest BCUT2D eigenvalue weighted by Gasteiger charge is -2.22. The summed E-state index contributed by atoms with van der Waals surface area (Å²) < 4.78 is 1.29. The first-order chi connectivity index (χ1) is 11.3. The Kier molecular flexibility index (Phi) is 2.64. The predicted octanol–water partition coefficient (Wildman–Crippen LogP) is 5.92. The molecule has 0 saturated carbocycles. The van der Waals surface area contributed by atoms with Crippen LogP contribution in [0.5, 0.6) is 5.75 Å². The zero-order valence-electron chi connectivity index (χ0n) is 12.4. The molecule has 0 amide bonds. The lowest BCUT2D eigenvalue weighted by Crippen LogP contribution is -2.03. The van der Waals surface area contributed by atoms with Crippen LogP contribution in [0.4, 0.5) is 0 Å². The molecular weight excluding hydrogens is 300 g/mol. The average molecular weight is 314 g/mol. The zero-order valence-corrected chi connectivity index (χ0v) is 13.2. The highest BCUT2D eigenvalue weighted by atomic mass is 32.1. The van der Waals surface area contributed by atoms with Gasteiger partial charge in [0.15, 0.2) is 0 Å². The van der Waals surface area contributed by atoms with E-state index in [1.165, 1.54) is 32.0 Å². The Morgan fingerprint density at radius 2 is 1.83 bits per heavy atom. The van der Waals surface area contributed by atoms with Crippen LogP contribution < -0.4 is 0 Å². The lowest BCUT2D eigenvalue weighted by atomic mass is 9.81. The number of hydrogen-bond donors (Lipinski definition) is 1. The van der Waals surface area contributed by atoms with E-state index >= 15 is 0 Å². The summed E-state index contributed by atoms with van der Waals surface area (Å²) in [5, 5.41) is 16.4. The normalized spacial score (nSPS) is 16.3. The standard InChI is InChI=1S/C21H14OS/c22-18-11-9-14-5-3-4-13-8-10-16(21(18)20(13)14)17-12-23-19-7-2-1-6-15(17)19/h1-12,16,22H. The maximum absolute atomic E-state index is 10.6. The van der Waals surface area contributed by atoms with Crippen LogP contribution in [0, 0.1) is 0 Å². The first-order valence-electron chi connectivity index (χ1n) is 7.72. The summed E-state index contributed by atoms with van der Waals surface area (Å²) in [5.41, 5.74) is 3.49. The fourth-order valence-electron chi connectivity index (χ4n) is 3.67. The molecule has 2 heteroatoms. The summed E-state index contributed by atoms with van der Waals surface area (Å²) in [6.45, 7) is 0. The molecule has 1 unspecified atom stereocenters. The van der Waals surface area contributed by atoms with Crippen molar-refractivity contribution < 1.29 is 5.11 Å². The Balaban J connectivity index is 1.85. The largest absolute Gasteiger partial charge is 0.508 e. The van der Waals surface area contributed by atoms with E-state index in [4.69, 9.17) is 0 Å². The van der Waals surface area contributed by atoms with Gasteiger partial charge in [-0.15, -0.1) is 11.3 Å². The van der Waals surface area contributed by atoms with E-state index in [1.54, 1.807) is 11.3 Å². The molecule has 23 heavy (non-hydrogen) atoms. The van der Waals surface area contributed by atoms with Gasteiger partial charge in [0.05, 0.1) is 0 Å². The molecular formula is C21H14OS. The van der Waals surface area contributed by atoms with Gasteiger partial charge < -0.3 is 5.11 Å². The highest BCUT2D eigenvalue weighted by Gasteiger charge is 2.24. The van der Waals surface area contributed by atoms with Crippen molar-refractivity contribution in [3.05, 3.63) is 82.7 Å². The maximum atomic E-state index is 10.6. The van der Waals surface area contributed by atoms with Crippen LogP contribution in [-0.4, -0.2) is 5.11 Å². The van der Waals surface area contributed by atoms with Crippen molar-refractivity contribution in [2.45, 2.75) is 5.92 Å². The van der Waals surface area contributed by atoms with Gasteiger partial charge in [-0.25, -0.2) is 0 Å². The number of phenolic OH excluding ortho intramolecular Hbond substituents is 1. The van der Waals surface area contributed by atoms with Gasteiger partial charge in [-0.05, 0) is 44.8 Å². The van der Waals surface area contributed by atoms with Crippen LogP contribution in [0.2, 0.25) is 0 Å². The van der Waals surface area contributed by atoms with Gasteiger partial charge in [0, 0.05) is 16.2 Å². The van der Waals surface area contributed by atoms with Crippen molar-refractivity contribution in [3.63, 3.8) is 0 Å². The van der Waals surface area contributed by atoms with Gasteiger partial charge in [0.1, 0.15) is 5.75 Å². The third-order valence-electron chi connectivity index (χ3n) is 4.72. The molecule has 4 aromatic rings. The molecule has 3 aromatic carbocycles. The predicted molar refractivity (Wildman–Crippen MR) is 98.3 cm³/mol. The van der Waals surface area contributed by atoms with Gasteiger partial charge in [0.25, 0.3) is 0 Å². The summed E-state index contributed by atoms with van der Waals surface area (Å²) >= 11 is 1.77. The third kappa shape index (κ3) is 1.79. The van der Waals surface area contributed by atoms with Crippen LogP contribution in [-0.2, 0) is 0 Å². The van der Waals surface area contributed by atoms with E-state index in [0.717, 1.165) is 5.56 Å². The van der Waals surface area contributed by atoms with Crippen molar-refractivity contribution in [1.29, 1.82) is 0 Å². The minimum absolute atomic E-state index is 0.102. The highest BCUT2D eigenvalue weighted by Crippen LogP contribution is 2.45. The number of hydrogen-bond acceptors (Lipinski definition) is 2. The molecule has 0 radical (unpaired) electrons. The van der Waals surface area contributed by atoms with Crippen molar-refractivity contribution >= 4 is 38.3 Å². The molecule has 5 rings (SSSR count). The molecule has 1 aliphatic rings. The minimum Gasteiger partial charge on any atom is -0.508 e. The SMILES string of the molecule is Oc1ccc2cccc3c2c1C(c1csc2ccccc12)C=C3. The molecule has 1 atom stereocenters. The number of fused-ring (bicyclic) bond motifs is 1. The Hall–Kier alpha value is -2.58. The molecule has 110 valence electrons. The van der Waals surface area contributed by atoms with Crippen LogP contribution in [0.3, 0.4) is 0 Å². The van der Waals surface area contributed by atoms with Gasteiger partial charge in [-0.1, -0.05) is 54.6 Å². The van der Waals surface area contributed by atoms with E-state index in [2.05, 4.69) is 60.0 Å². The van der Waals surface area contributed by atoms with E-state index in [-0.39, 0.29) is 5.92 Å². The molecule has 0 fully saturated rings. The van der Waals surface area contributed by atoms with Gasteiger partial charge >= 0.3 is 0 Å². The van der Waals surface area contributed by atoms with Gasteiger partial charge in [-0.2, -0.15) is 0 Å². The molecule has 0 spiro atoms. The first kappa shape index (κ1) is 12.9. The number of allylic oxidation sites excluding steroid dienone is 1. The zero-order chi connectivity index (χ0) is 15.4. The number of phenols is 1. The Labute approximate surface area is 138 Å². The van der Waals surface area contributed by atoms with Crippen molar-refractivity contribution in [2.75, 3.05) is 0 Å². The fourth-order valence-corrected chi connectivity index (χ4v) is 4.67. The van der Waals surface area contributed by atoms with E-state index in [1.807, 2.05) is 12.1 Å². The third-order valence-corrected chi connectivity index (χ3v) is 5.70.